The number of Topliss-reactive ketones (excluding diaryl/α,β-unsaturated/α-hetero) is 1. The summed E-state index contributed by atoms with van der Waals surface area (Å²) >= 11 is 0. The van der Waals surface area contributed by atoms with E-state index in [1.807, 2.05) is 42.5 Å². The van der Waals surface area contributed by atoms with E-state index in [9.17, 15) is 4.79 Å². The van der Waals surface area contributed by atoms with Gasteiger partial charge >= 0.3 is 0 Å². The number of carbonyl (C=O) groups is 1. The van der Waals surface area contributed by atoms with Crippen molar-refractivity contribution in [2.24, 2.45) is 0 Å². The number of hydrogen-bond donors (Lipinski definition) is 0. The van der Waals surface area contributed by atoms with E-state index in [1.165, 1.54) is 0 Å². The Morgan fingerprint density at radius 3 is 2.42 bits per heavy atom. The van der Waals surface area contributed by atoms with Crippen molar-refractivity contribution >= 4 is 5.78 Å². The summed E-state index contributed by atoms with van der Waals surface area (Å²) in [7, 11) is 3.23. The molecule has 0 spiro atoms. The lowest BCUT2D eigenvalue weighted by Crippen LogP contribution is -1.94. The van der Waals surface area contributed by atoms with Gasteiger partial charge in [-0.1, -0.05) is 18.2 Å². The highest BCUT2D eigenvalue weighted by Gasteiger charge is 2.09. The maximum Gasteiger partial charge on any atom is 0.159 e. The third-order valence-electron chi connectivity index (χ3n) is 2.99. The van der Waals surface area contributed by atoms with Gasteiger partial charge in [-0.15, -0.1) is 0 Å². The molecule has 0 saturated carbocycles. The molecule has 98 valence electrons. The molecule has 0 heterocycles. The Hall–Kier alpha value is -2.29. The zero-order valence-electron chi connectivity index (χ0n) is 11.3. The number of rotatable bonds is 4. The van der Waals surface area contributed by atoms with Crippen LogP contribution in [-0.2, 0) is 0 Å². The molecule has 0 aliphatic heterocycles. The van der Waals surface area contributed by atoms with Crippen molar-refractivity contribution in [2.45, 2.75) is 6.92 Å². The number of benzene rings is 2. The Morgan fingerprint density at radius 1 is 1.00 bits per heavy atom. The van der Waals surface area contributed by atoms with Crippen LogP contribution in [0, 0.1) is 0 Å². The lowest BCUT2D eigenvalue weighted by molar-refractivity contribution is 0.101. The Kier molecular flexibility index (Phi) is 3.85. The largest absolute Gasteiger partial charge is 0.497 e. The topological polar surface area (TPSA) is 35.5 Å². The van der Waals surface area contributed by atoms with Crippen molar-refractivity contribution in [2.75, 3.05) is 14.2 Å². The van der Waals surface area contributed by atoms with E-state index in [4.69, 9.17) is 9.47 Å². The summed E-state index contributed by atoms with van der Waals surface area (Å²) < 4.78 is 10.6. The van der Waals surface area contributed by atoms with Crippen LogP contribution in [0.1, 0.15) is 17.3 Å². The summed E-state index contributed by atoms with van der Waals surface area (Å²) in [5, 5.41) is 0. The first-order valence-corrected chi connectivity index (χ1v) is 5.99. The molecule has 2 aromatic rings. The van der Waals surface area contributed by atoms with Gasteiger partial charge in [0.05, 0.1) is 14.2 Å². The second kappa shape index (κ2) is 5.57. The molecule has 0 saturated heterocycles. The van der Waals surface area contributed by atoms with E-state index in [0.717, 1.165) is 22.6 Å². The Bertz CT molecular complexity index is 603. The van der Waals surface area contributed by atoms with Crippen LogP contribution < -0.4 is 9.47 Å². The number of ether oxygens (including phenoxy) is 2. The fourth-order valence-electron chi connectivity index (χ4n) is 1.94. The molecule has 0 bridgehead atoms. The molecule has 0 radical (unpaired) electrons. The lowest BCUT2D eigenvalue weighted by atomic mass is 10.0. The maximum absolute atomic E-state index is 11.4. The first-order valence-electron chi connectivity index (χ1n) is 5.99. The van der Waals surface area contributed by atoms with E-state index in [-0.39, 0.29) is 5.78 Å². The average molecular weight is 256 g/mol. The van der Waals surface area contributed by atoms with Gasteiger partial charge in [0, 0.05) is 17.2 Å². The van der Waals surface area contributed by atoms with Crippen LogP contribution in [0.25, 0.3) is 11.1 Å². The van der Waals surface area contributed by atoms with E-state index >= 15 is 0 Å². The van der Waals surface area contributed by atoms with Gasteiger partial charge in [0.2, 0.25) is 0 Å². The van der Waals surface area contributed by atoms with Crippen molar-refractivity contribution in [3.05, 3.63) is 48.0 Å². The zero-order valence-corrected chi connectivity index (χ0v) is 11.3. The Balaban J connectivity index is 2.52. The number of hydrogen-bond acceptors (Lipinski definition) is 3. The minimum Gasteiger partial charge on any atom is -0.497 e. The Labute approximate surface area is 112 Å². The predicted molar refractivity (Wildman–Crippen MR) is 75.0 cm³/mol. The molecule has 0 amide bonds. The molecular formula is C16H16O3. The van der Waals surface area contributed by atoms with E-state index in [1.54, 1.807) is 21.1 Å². The monoisotopic (exact) mass is 256 g/mol. The molecule has 0 unspecified atom stereocenters. The van der Waals surface area contributed by atoms with Crippen LogP contribution in [0.2, 0.25) is 0 Å². The third-order valence-corrected chi connectivity index (χ3v) is 2.99. The number of ketones is 1. The van der Waals surface area contributed by atoms with E-state index < -0.39 is 0 Å². The molecule has 19 heavy (non-hydrogen) atoms. The fraction of sp³-hybridized carbons (Fsp3) is 0.188. The first-order chi connectivity index (χ1) is 9.15. The van der Waals surface area contributed by atoms with Gasteiger partial charge in [0.15, 0.2) is 5.78 Å². The molecule has 2 rings (SSSR count). The third kappa shape index (κ3) is 2.76. The van der Waals surface area contributed by atoms with Crippen LogP contribution in [0.5, 0.6) is 11.5 Å². The first kappa shape index (κ1) is 13.1. The van der Waals surface area contributed by atoms with E-state index in [0.29, 0.717) is 5.56 Å². The van der Waals surface area contributed by atoms with Gasteiger partial charge in [-0.25, -0.2) is 0 Å². The summed E-state index contributed by atoms with van der Waals surface area (Å²) in [4.78, 5) is 11.4. The van der Waals surface area contributed by atoms with Gasteiger partial charge in [0.25, 0.3) is 0 Å². The van der Waals surface area contributed by atoms with Gasteiger partial charge in [-0.2, -0.15) is 0 Å². The highest BCUT2D eigenvalue weighted by atomic mass is 16.5. The molecule has 3 heteroatoms. The van der Waals surface area contributed by atoms with Crippen LogP contribution in [0.4, 0.5) is 0 Å². The van der Waals surface area contributed by atoms with Crippen molar-refractivity contribution in [3.63, 3.8) is 0 Å². The normalized spacial score (nSPS) is 10.1. The average Bonchev–Trinajstić information content (AvgIpc) is 2.46. The predicted octanol–water partition coefficient (Wildman–Crippen LogP) is 3.57. The van der Waals surface area contributed by atoms with Gasteiger partial charge in [0.1, 0.15) is 11.5 Å². The molecule has 0 aliphatic carbocycles. The minimum atomic E-state index is 0.0503. The smallest absolute Gasteiger partial charge is 0.159 e. The lowest BCUT2D eigenvalue weighted by Gasteiger charge is -2.11. The highest BCUT2D eigenvalue weighted by Crippen LogP contribution is 2.33. The summed E-state index contributed by atoms with van der Waals surface area (Å²) in [6, 6.07) is 13.1. The minimum absolute atomic E-state index is 0.0503. The summed E-state index contributed by atoms with van der Waals surface area (Å²) in [5.41, 5.74) is 2.58. The SMILES string of the molecule is COc1ccc(-c2cccc(C(C)=O)c2)c(OC)c1. The van der Waals surface area contributed by atoms with E-state index in [2.05, 4.69) is 0 Å². The molecule has 3 nitrogen and oxygen atoms in total. The molecule has 0 aliphatic rings. The maximum atomic E-state index is 11.4. The highest BCUT2D eigenvalue weighted by molar-refractivity contribution is 5.95. The van der Waals surface area contributed by atoms with Crippen LogP contribution in [-0.4, -0.2) is 20.0 Å². The zero-order chi connectivity index (χ0) is 13.8. The quantitative estimate of drug-likeness (QED) is 0.784. The number of carbonyl (C=O) groups excluding carboxylic acids is 1. The molecule has 0 aromatic heterocycles. The molecule has 0 fully saturated rings. The van der Waals surface area contributed by atoms with Crippen LogP contribution in [0.3, 0.4) is 0 Å². The second-order valence-electron chi connectivity index (χ2n) is 4.20. The number of methoxy groups -OCH3 is 2. The van der Waals surface area contributed by atoms with Crippen LogP contribution >= 0.6 is 0 Å². The second-order valence-corrected chi connectivity index (χ2v) is 4.20. The van der Waals surface area contributed by atoms with Crippen molar-refractivity contribution in [3.8, 4) is 22.6 Å². The standard InChI is InChI=1S/C16H16O3/c1-11(17)12-5-4-6-13(9-12)15-8-7-14(18-2)10-16(15)19-3/h4-10H,1-3H3. The van der Waals surface area contributed by atoms with Gasteiger partial charge < -0.3 is 9.47 Å². The fourth-order valence-corrected chi connectivity index (χ4v) is 1.94. The van der Waals surface area contributed by atoms with Crippen molar-refractivity contribution in [1.82, 2.24) is 0 Å². The Morgan fingerprint density at radius 2 is 1.79 bits per heavy atom. The molecule has 2 aromatic carbocycles. The molecule has 0 atom stereocenters. The molecule has 0 N–H and O–H groups in total. The summed E-state index contributed by atoms with van der Waals surface area (Å²) in [6.45, 7) is 1.56. The van der Waals surface area contributed by atoms with Crippen molar-refractivity contribution < 1.29 is 14.3 Å². The summed E-state index contributed by atoms with van der Waals surface area (Å²) in [6.07, 6.45) is 0. The molecular weight excluding hydrogens is 240 g/mol. The van der Waals surface area contributed by atoms with Crippen LogP contribution in [0.15, 0.2) is 42.5 Å². The summed E-state index contributed by atoms with van der Waals surface area (Å²) in [5.74, 6) is 1.51. The van der Waals surface area contributed by atoms with Gasteiger partial charge in [-0.05, 0) is 30.7 Å². The van der Waals surface area contributed by atoms with Crippen molar-refractivity contribution in [1.29, 1.82) is 0 Å². The van der Waals surface area contributed by atoms with Gasteiger partial charge in [-0.3, -0.25) is 4.79 Å².